The van der Waals surface area contributed by atoms with Gasteiger partial charge in [-0.05, 0) is 42.7 Å². The maximum atomic E-state index is 12.8. The number of hydrogen-bond acceptors (Lipinski definition) is 6. The van der Waals surface area contributed by atoms with Crippen LogP contribution in [0.15, 0.2) is 58.0 Å². The van der Waals surface area contributed by atoms with E-state index in [1.165, 1.54) is 17.9 Å². The number of hydrogen-bond donors (Lipinski definition) is 1. The first kappa shape index (κ1) is 21.9. The molecule has 30 heavy (non-hydrogen) atoms. The Labute approximate surface area is 215 Å². The number of benzene rings is 2. The molecule has 2 aromatic carbocycles. The molecule has 2 aromatic rings. The third-order valence-electron chi connectivity index (χ3n) is 6.01. The van der Waals surface area contributed by atoms with Gasteiger partial charge in [0.15, 0.2) is 0 Å². The second-order valence-electron chi connectivity index (χ2n) is 7.57. The van der Waals surface area contributed by atoms with Gasteiger partial charge >= 0.3 is 51.4 Å². The Morgan fingerprint density at radius 2 is 1.83 bits per heavy atom. The number of aliphatic carboxylic acids is 1. The number of β-lactam (4-membered cyclic amide) rings is 1. The average Bonchev–Trinajstić information content (AvgIpc) is 3.12. The summed E-state index contributed by atoms with van der Waals surface area (Å²) in [7, 11) is -3.62. The Hall–Kier alpha value is -1.33. The van der Waals surface area contributed by atoms with Crippen molar-refractivity contribution in [1.29, 1.82) is 0 Å². The number of carboxylic acid groups (broad SMARTS) is 1. The summed E-state index contributed by atoms with van der Waals surface area (Å²) in [5, 5.41) is 21.7. The molecule has 3 heterocycles. The minimum Gasteiger partial charge on any atom is -0.543 e. The van der Waals surface area contributed by atoms with Gasteiger partial charge in [-0.3, -0.25) is 4.79 Å². The van der Waals surface area contributed by atoms with Crippen molar-refractivity contribution < 1.29 is 79.6 Å². The number of nitrogens with zero attached hydrogens (tertiary/aromatic N) is 1. The maximum absolute atomic E-state index is 12.8. The summed E-state index contributed by atoms with van der Waals surface area (Å²) in [5.74, 6) is -2.56. The van der Waals surface area contributed by atoms with Gasteiger partial charge in [-0.2, -0.15) is 0 Å². The van der Waals surface area contributed by atoms with Crippen molar-refractivity contribution in [3.63, 3.8) is 0 Å². The number of aliphatic hydroxyl groups excluding tert-OH is 1. The van der Waals surface area contributed by atoms with Crippen molar-refractivity contribution >= 4 is 27.3 Å². The van der Waals surface area contributed by atoms with E-state index in [0.717, 1.165) is 0 Å². The van der Waals surface area contributed by atoms with Crippen LogP contribution in [0.5, 0.6) is 0 Å². The van der Waals surface area contributed by atoms with Gasteiger partial charge in [-0.25, -0.2) is 8.42 Å². The van der Waals surface area contributed by atoms with E-state index in [1.807, 2.05) is 0 Å². The van der Waals surface area contributed by atoms with Gasteiger partial charge in [-0.15, -0.1) is 0 Å². The summed E-state index contributed by atoms with van der Waals surface area (Å²) in [5.41, 5.74) is 1.82. The predicted octanol–water partition coefficient (Wildman–Crippen LogP) is -2.42. The van der Waals surface area contributed by atoms with Crippen LogP contribution in [0.4, 0.5) is 0 Å². The van der Waals surface area contributed by atoms with Crippen LogP contribution in [0.2, 0.25) is 0 Å². The first-order valence-electron chi connectivity index (χ1n) is 9.18. The third-order valence-corrected chi connectivity index (χ3v) is 7.88. The fourth-order valence-corrected chi connectivity index (χ4v) is 6.39. The van der Waals surface area contributed by atoms with Crippen LogP contribution in [0.3, 0.4) is 0 Å². The van der Waals surface area contributed by atoms with E-state index >= 15 is 0 Å². The third kappa shape index (κ3) is 2.84. The van der Waals surface area contributed by atoms with Crippen molar-refractivity contribution in [1.82, 2.24) is 4.90 Å². The Bertz CT molecular complexity index is 1250. The topological polar surface area (TPSA) is 115 Å². The van der Waals surface area contributed by atoms with E-state index in [-0.39, 0.29) is 73.3 Å². The molecule has 0 saturated carbocycles. The van der Waals surface area contributed by atoms with Crippen LogP contribution in [-0.2, 0) is 19.4 Å². The SMILES string of the molecule is C[C@@H](O)[C@H]1C(=O)N2C(C(=O)[O-])=C(c3ccc4c(c3)-c3ccccc3S4(=O)=O)C[C@H]12.[K+]. The van der Waals surface area contributed by atoms with Crippen molar-refractivity contribution in [2.45, 2.75) is 35.3 Å². The van der Waals surface area contributed by atoms with E-state index in [0.29, 0.717) is 22.3 Å². The van der Waals surface area contributed by atoms with Crippen molar-refractivity contribution in [3.05, 3.63) is 53.7 Å². The molecule has 0 aromatic heterocycles. The first-order valence-corrected chi connectivity index (χ1v) is 10.7. The van der Waals surface area contributed by atoms with Crippen LogP contribution in [0, 0.1) is 5.92 Å². The molecule has 148 valence electrons. The number of carboxylic acids is 1. The fraction of sp³-hybridized carbons (Fsp3) is 0.238. The molecule has 0 spiro atoms. The predicted molar refractivity (Wildman–Crippen MR) is 99.7 cm³/mol. The number of aliphatic hydroxyl groups is 1. The second-order valence-corrected chi connectivity index (χ2v) is 9.46. The molecule has 1 fully saturated rings. The van der Waals surface area contributed by atoms with Gasteiger partial charge in [0.05, 0.1) is 39.5 Å². The summed E-state index contributed by atoms with van der Waals surface area (Å²) in [6.07, 6.45) is -0.624. The molecule has 1 amide bonds. The molecule has 3 aliphatic heterocycles. The molecule has 1 saturated heterocycles. The summed E-state index contributed by atoms with van der Waals surface area (Å²) in [4.78, 5) is 25.8. The van der Waals surface area contributed by atoms with Gasteiger partial charge in [0.1, 0.15) is 0 Å². The Balaban J connectivity index is 0.00000218. The zero-order valence-electron chi connectivity index (χ0n) is 16.3. The number of carbonyl (C=O) groups excluding carboxylic acids is 2. The van der Waals surface area contributed by atoms with Crippen LogP contribution >= 0.6 is 0 Å². The molecular formula is C21H16KNO6S. The smallest absolute Gasteiger partial charge is 0.543 e. The van der Waals surface area contributed by atoms with Gasteiger partial charge in [0.25, 0.3) is 0 Å². The van der Waals surface area contributed by atoms with Crippen molar-refractivity contribution in [2.24, 2.45) is 5.92 Å². The zero-order chi connectivity index (χ0) is 20.7. The maximum Gasteiger partial charge on any atom is 1.00 e. The Kier molecular flexibility index (Phi) is 5.38. The van der Waals surface area contributed by atoms with E-state index in [1.54, 1.807) is 36.4 Å². The van der Waals surface area contributed by atoms with Gasteiger partial charge < -0.3 is 19.9 Å². The van der Waals surface area contributed by atoms with Gasteiger partial charge in [0, 0.05) is 11.1 Å². The quantitative estimate of drug-likeness (QED) is 0.352. The standard InChI is InChI=1S/C21H17NO6S.K/c1-10(23)18-15-9-13(19(21(25)26)22(15)20(18)24)11-6-7-17-14(8-11)12-4-2-3-5-16(12)29(17,27)28;/h2-8,10,15,18,23H,9H2,1H3,(H,25,26);/q;+1/p-1/t10-,15-,18-;/m1./s1. The Morgan fingerprint density at radius 3 is 2.50 bits per heavy atom. The molecule has 1 N–H and O–H groups in total. The Morgan fingerprint density at radius 1 is 1.17 bits per heavy atom. The van der Waals surface area contributed by atoms with Crippen LogP contribution in [-0.4, -0.2) is 42.4 Å². The summed E-state index contributed by atoms with van der Waals surface area (Å²) >= 11 is 0. The number of carbonyl (C=O) groups is 2. The first-order chi connectivity index (χ1) is 13.7. The molecule has 0 aliphatic carbocycles. The molecular weight excluding hydrogens is 433 g/mol. The molecule has 7 nitrogen and oxygen atoms in total. The molecule has 5 rings (SSSR count). The minimum absolute atomic E-state index is 0. The van der Waals surface area contributed by atoms with Crippen LogP contribution in [0.1, 0.15) is 18.9 Å². The number of amides is 1. The van der Waals surface area contributed by atoms with Crippen molar-refractivity contribution in [2.75, 3.05) is 0 Å². The molecule has 0 unspecified atom stereocenters. The molecule has 3 aliphatic rings. The largest absolute Gasteiger partial charge is 1.00 e. The van der Waals surface area contributed by atoms with Crippen LogP contribution < -0.4 is 56.5 Å². The summed E-state index contributed by atoms with van der Waals surface area (Å²) in [6.45, 7) is 1.51. The normalized spacial score (nSPS) is 23.8. The number of rotatable bonds is 3. The van der Waals surface area contributed by atoms with E-state index in [9.17, 15) is 28.2 Å². The summed E-state index contributed by atoms with van der Waals surface area (Å²) < 4.78 is 25.5. The molecule has 0 radical (unpaired) electrons. The molecule has 0 bridgehead atoms. The average molecular weight is 450 g/mol. The number of fused-ring (bicyclic) bond motifs is 4. The van der Waals surface area contributed by atoms with E-state index in [4.69, 9.17) is 0 Å². The van der Waals surface area contributed by atoms with Gasteiger partial charge in [0.2, 0.25) is 15.7 Å². The fourth-order valence-electron chi connectivity index (χ4n) is 4.72. The zero-order valence-corrected chi connectivity index (χ0v) is 20.3. The van der Waals surface area contributed by atoms with Crippen LogP contribution in [0.25, 0.3) is 16.7 Å². The van der Waals surface area contributed by atoms with Gasteiger partial charge in [-0.1, -0.05) is 24.3 Å². The summed E-state index contributed by atoms with van der Waals surface area (Å²) in [6, 6.07) is 10.9. The monoisotopic (exact) mass is 449 g/mol. The molecule has 9 heteroatoms. The van der Waals surface area contributed by atoms with E-state index < -0.39 is 39.8 Å². The van der Waals surface area contributed by atoms with E-state index in [2.05, 4.69) is 0 Å². The molecule has 3 atom stereocenters. The van der Waals surface area contributed by atoms with Crippen molar-refractivity contribution in [3.8, 4) is 11.1 Å². The number of sulfone groups is 1. The minimum atomic E-state index is -3.62. The second kappa shape index (κ2) is 7.37.